The van der Waals surface area contributed by atoms with Gasteiger partial charge in [-0.2, -0.15) is 0 Å². The average molecular weight is 194 g/mol. The first-order valence-electron chi connectivity index (χ1n) is 6.00. The number of aldehydes is 1. The quantitative estimate of drug-likeness (QED) is 0.479. The molecule has 0 aromatic heterocycles. The van der Waals surface area contributed by atoms with Crippen molar-refractivity contribution in [2.24, 2.45) is 5.92 Å². The summed E-state index contributed by atoms with van der Waals surface area (Å²) in [4.78, 5) is 10.3. The molecular weight excluding hydrogens is 172 g/mol. The van der Waals surface area contributed by atoms with Gasteiger partial charge in [0.1, 0.15) is 6.29 Å². The van der Waals surface area contributed by atoms with Gasteiger partial charge in [0, 0.05) is 6.42 Å². The smallest absolute Gasteiger partial charge is 0.120 e. The zero-order valence-electron chi connectivity index (χ0n) is 9.30. The molecule has 0 saturated heterocycles. The third-order valence-corrected chi connectivity index (χ3v) is 3.16. The Morgan fingerprint density at radius 2 is 2.00 bits per heavy atom. The Morgan fingerprint density at radius 1 is 1.29 bits per heavy atom. The van der Waals surface area contributed by atoms with Crippen LogP contribution in [0.2, 0.25) is 0 Å². The van der Waals surface area contributed by atoms with Crippen molar-refractivity contribution in [2.45, 2.75) is 58.3 Å². The van der Waals surface area contributed by atoms with Crippen molar-refractivity contribution in [1.29, 1.82) is 0 Å². The van der Waals surface area contributed by atoms with Gasteiger partial charge in [0.15, 0.2) is 0 Å². The SMILES string of the molecule is CC/C(=C\C1CCCCC1)CCC=O. The molecule has 1 aliphatic rings. The van der Waals surface area contributed by atoms with Gasteiger partial charge in [-0.15, -0.1) is 0 Å². The fourth-order valence-corrected chi connectivity index (χ4v) is 2.26. The van der Waals surface area contributed by atoms with Crippen LogP contribution in [0.25, 0.3) is 0 Å². The van der Waals surface area contributed by atoms with Gasteiger partial charge in [0.2, 0.25) is 0 Å². The Bertz CT molecular complexity index is 187. The van der Waals surface area contributed by atoms with E-state index in [9.17, 15) is 4.79 Å². The Morgan fingerprint density at radius 3 is 2.57 bits per heavy atom. The van der Waals surface area contributed by atoms with E-state index in [-0.39, 0.29) is 0 Å². The molecule has 0 aliphatic heterocycles. The predicted molar refractivity (Wildman–Crippen MR) is 60.2 cm³/mol. The summed E-state index contributed by atoms with van der Waals surface area (Å²) in [6.45, 7) is 2.19. The van der Waals surface area contributed by atoms with Crippen LogP contribution in [0.3, 0.4) is 0 Å². The van der Waals surface area contributed by atoms with Crippen LogP contribution in [0, 0.1) is 5.92 Å². The molecule has 1 rings (SSSR count). The molecule has 1 nitrogen and oxygen atoms in total. The van der Waals surface area contributed by atoms with Crippen molar-refractivity contribution in [3.63, 3.8) is 0 Å². The molecule has 0 aromatic rings. The van der Waals surface area contributed by atoms with E-state index in [1.807, 2.05) is 0 Å². The van der Waals surface area contributed by atoms with Crippen LogP contribution in [0.1, 0.15) is 58.3 Å². The molecule has 0 unspecified atom stereocenters. The molecule has 0 amide bonds. The Labute approximate surface area is 87.6 Å². The fourth-order valence-electron chi connectivity index (χ4n) is 2.26. The Balaban J connectivity index is 2.39. The summed E-state index contributed by atoms with van der Waals surface area (Å²) < 4.78 is 0. The lowest BCUT2D eigenvalue weighted by Gasteiger charge is -2.19. The fraction of sp³-hybridized carbons (Fsp3) is 0.769. The summed E-state index contributed by atoms with van der Waals surface area (Å²) in [6.07, 6.45) is 13.2. The molecule has 80 valence electrons. The number of carbonyl (C=O) groups is 1. The van der Waals surface area contributed by atoms with Gasteiger partial charge in [-0.3, -0.25) is 0 Å². The molecule has 0 N–H and O–H groups in total. The van der Waals surface area contributed by atoms with E-state index in [1.54, 1.807) is 0 Å². The van der Waals surface area contributed by atoms with Gasteiger partial charge >= 0.3 is 0 Å². The van der Waals surface area contributed by atoms with Crippen molar-refractivity contribution in [3.05, 3.63) is 11.6 Å². The van der Waals surface area contributed by atoms with Crippen LogP contribution in [0.5, 0.6) is 0 Å². The molecule has 0 atom stereocenters. The molecule has 0 spiro atoms. The highest BCUT2D eigenvalue weighted by atomic mass is 16.1. The largest absolute Gasteiger partial charge is 0.303 e. The Kier molecular flexibility index (Phi) is 5.58. The lowest BCUT2D eigenvalue weighted by molar-refractivity contribution is -0.107. The summed E-state index contributed by atoms with van der Waals surface area (Å²) in [5, 5.41) is 0. The van der Waals surface area contributed by atoms with Crippen LogP contribution < -0.4 is 0 Å². The minimum atomic E-state index is 0.701. The molecule has 0 heterocycles. The predicted octanol–water partition coefficient (Wildman–Crippen LogP) is 3.88. The van der Waals surface area contributed by atoms with Crippen molar-refractivity contribution in [3.8, 4) is 0 Å². The molecule has 14 heavy (non-hydrogen) atoms. The van der Waals surface area contributed by atoms with Gasteiger partial charge < -0.3 is 4.79 Å². The Hall–Kier alpha value is -0.590. The van der Waals surface area contributed by atoms with E-state index in [2.05, 4.69) is 13.0 Å². The highest BCUT2D eigenvalue weighted by Gasteiger charge is 2.11. The number of hydrogen-bond acceptors (Lipinski definition) is 1. The number of hydrogen-bond donors (Lipinski definition) is 0. The van der Waals surface area contributed by atoms with Gasteiger partial charge in [0.05, 0.1) is 0 Å². The van der Waals surface area contributed by atoms with Gasteiger partial charge in [-0.1, -0.05) is 37.8 Å². The second-order valence-electron chi connectivity index (χ2n) is 4.28. The third kappa shape index (κ3) is 4.08. The van der Waals surface area contributed by atoms with Crippen LogP contribution in [-0.4, -0.2) is 6.29 Å². The minimum Gasteiger partial charge on any atom is -0.303 e. The molecule has 1 heteroatoms. The molecule has 1 saturated carbocycles. The number of allylic oxidation sites excluding steroid dienone is 2. The van der Waals surface area contributed by atoms with Crippen LogP contribution in [0.4, 0.5) is 0 Å². The zero-order valence-corrected chi connectivity index (χ0v) is 9.30. The lowest BCUT2D eigenvalue weighted by atomic mass is 9.87. The molecule has 0 aromatic carbocycles. The summed E-state index contributed by atoms with van der Waals surface area (Å²) in [5.41, 5.74) is 1.49. The summed E-state index contributed by atoms with van der Waals surface area (Å²) in [6, 6.07) is 0. The monoisotopic (exact) mass is 194 g/mol. The van der Waals surface area contributed by atoms with Crippen molar-refractivity contribution < 1.29 is 4.79 Å². The second kappa shape index (κ2) is 6.80. The molecule has 1 aliphatic carbocycles. The van der Waals surface area contributed by atoms with E-state index in [0.29, 0.717) is 6.42 Å². The van der Waals surface area contributed by atoms with E-state index in [1.165, 1.54) is 37.7 Å². The molecular formula is C13H22O. The number of carbonyl (C=O) groups excluding carboxylic acids is 1. The van der Waals surface area contributed by atoms with E-state index in [0.717, 1.165) is 25.0 Å². The van der Waals surface area contributed by atoms with Crippen molar-refractivity contribution in [2.75, 3.05) is 0 Å². The van der Waals surface area contributed by atoms with Crippen LogP contribution >= 0.6 is 0 Å². The van der Waals surface area contributed by atoms with E-state index < -0.39 is 0 Å². The van der Waals surface area contributed by atoms with Crippen molar-refractivity contribution >= 4 is 6.29 Å². The standard InChI is InChI=1S/C13H22O/c1-2-12(9-6-10-14)11-13-7-4-3-5-8-13/h10-11,13H,2-9H2,1H3/b12-11+. The molecule has 0 bridgehead atoms. The maximum absolute atomic E-state index is 10.3. The summed E-state index contributed by atoms with van der Waals surface area (Å²) in [5.74, 6) is 0.811. The number of rotatable bonds is 5. The maximum Gasteiger partial charge on any atom is 0.120 e. The first-order chi connectivity index (χ1) is 6.86. The molecule has 1 fully saturated rings. The summed E-state index contributed by atoms with van der Waals surface area (Å²) in [7, 11) is 0. The van der Waals surface area contributed by atoms with E-state index in [4.69, 9.17) is 0 Å². The molecule has 0 radical (unpaired) electrons. The van der Waals surface area contributed by atoms with E-state index >= 15 is 0 Å². The third-order valence-electron chi connectivity index (χ3n) is 3.16. The normalized spacial score (nSPS) is 19.6. The highest BCUT2D eigenvalue weighted by molar-refractivity contribution is 5.49. The van der Waals surface area contributed by atoms with Crippen LogP contribution in [-0.2, 0) is 4.79 Å². The second-order valence-corrected chi connectivity index (χ2v) is 4.28. The van der Waals surface area contributed by atoms with Crippen LogP contribution in [0.15, 0.2) is 11.6 Å². The van der Waals surface area contributed by atoms with Gasteiger partial charge in [-0.25, -0.2) is 0 Å². The summed E-state index contributed by atoms with van der Waals surface area (Å²) >= 11 is 0. The highest BCUT2D eigenvalue weighted by Crippen LogP contribution is 2.26. The van der Waals surface area contributed by atoms with Gasteiger partial charge in [0.25, 0.3) is 0 Å². The maximum atomic E-state index is 10.3. The topological polar surface area (TPSA) is 17.1 Å². The minimum absolute atomic E-state index is 0.701. The average Bonchev–Trinajstić information content (AvgIpc) is 2.25. The van der Waals surface area contributed by atoms with Gasteiger partial charge in [-0.05, 0) is 31.6 Å². The first kappa shape index (κ1) is 11.5. The van der Waals surface area contributed by atoms with Crippen molar-refractivity contribution in [1.82, 2.24) is 0 Å². The zero-order chi connectivity index (χ0) is 10.2. The first-order valence-corrected chi connectivity index (χ1v) is 6.00. The lowest BCUT2D eigenvalue weighted by Crippen LogP contribution is -2.04.